The second kappa shape index (κ2) is 5.59. The van der Waals surface area contributed by atoms with E-state index in [9.17, 15) is 9.59 Å². The number of carbonyl (C=O) groups is 2. The molecule has 4 nitrogen and oxygen atoms in total. The first-order valence-corrected chi connectivity index (χ1v) is 4.21. The van der Waals surface area contributed by atoms with Crippen LogP contribution in [0.4, 0.5) is 0 Å². The second-order valence-corrected chi connectivity index (χ2v) is 2.94. The van der Waals surface area contributed by atoms with Gasteiger partial charge < -0.3 is 10.5 Å². The van der Waals surface area contributed by atoms with Crippen LogP contribution in [0.5, 0.6) is 0 Å². The molecule has 0 aliphatic carbocycles. The van der Waals surface area contributed by atoms with E-state index in [0.29, 0.717) is 0 Å². The molecule has 1 amide bonds. The monoisotopic (exact) mass is 205 g/mol. The van der Waals surface area contributed by atoms with Gasteiger partial charge in [0.1, 0.15) is 6.10 Å². The van der Waals surface area contributed by atoms with Crippen molar-refractivity contribution >= 4 is 23.5 Å². The number of nitrogens with two attached hydrogens (primary N) is 1. The summed E-state index contributed by atoms with van der Waals surface area (Å²) in [5.74, 6) is -1.07. The normalized spacial score (nSPS) is 11.8. The summed E-state index contributed by atoms with van der Waals surface area (Å²) in [5, 5.41) is 0. The van der Waals surface area contributed by atoms with E-state index in [1.54, 1.807) is 0 Å². The van der Waals surface area contributed by atoms with Crippen LogP contribution in [0.3, 0.4) is 0 Å². The molecule has 0 rings (SSSR count). The highest BCUT2D eigenvalue weighted by Gasteiger charge is 2.15. The molecule has 1 unspecified atom stereocenters. The summed E-state index contributed by atoms with van der Waals surface area (Å²) in [4.78, 5) is 21.4. The Morgan fingerprint density at radius 3 is 2.46 bits per heavy atom. The Balaban J connectivity index is 4.05. The van der Waals surface area contributed by atoms with Gasteiger partial charge in [0.05, 0.1) is 12.3 Å². The molecule has 74 valence electrons. The molecule has 0 radical (unpaired) electrons. The van der Waals surface area contributed by atoms with Gasteiger partial charge in [0.15, 0.2) is 0 Å². The predicted octanol–water partition coefficient (Wildman–Crippen LogP) is 0.589. The third kappa shape index (κ3) is 5.25. The van der Waals surface area contributed by atoms with Gasteiger partial charge in [0.2, 0.25) is 5.91 Å². The number of carbonyl (C=O) groups excluding carboxylic acids is 2. The lowest BCUT2D eigenvalue weighted by atomic mass is 10.2. The average molecular weight is 206 g/mol. The van der Waals surface area contributed by atoms with E-state index in [1.165, 1.54) is 6.92 Å². The number of esters is 1. The Bertz CT molecular complexity index is 227. The number of ether oxygens (including phenoxy) is 1. The van der Waals surface area contributed by atoms with E-state index in [1.807, 2.05) is 0 Å². The minimum Gasteiger partial charge on any atom is -0.457 e. The van der Waals surface area contributed by atoms with Crippen molar-refractivity contribution in [2.75, 3.05) is 5.88 Å². The molecule has 0 heterocycles. The van der Waals surface area contributed by atoms with E-state index >= 15 is 0 Å². The standard InChI is InChI=1S/C8H12ClNO3/c1-5(2)8(12)13-6(4-9)3-7(10)11/h6H,1,3-4H2,2H3,(H2,10,11). The maximum Gasteiger partial charge on any atom is 0.333 e. The SMILES string of the molecule is C=C(C)C(=O)OC(CCl)CC(N)=O. The topological polar surface area (TPSA) is 69.4 Å². The fraction of sp³-hybridized carbons (Fsp3) is 0.500. The van der Waals surface area contributed by atoms with Crippen LogP contribution in [0.2, 0.25) is 0 Å². The van der Waals surface area contributed by atoms with Crippen LogP contribution in [-0.2, 0) is 14.3 Å². The third-order valence-corrected chi connectivity index (χ3v) is 1.57. The molecule has 5 heteroatoms. The molecule has 0 spiro atoms. The first-order chi connectivity index (χ1) is 5.97. The van der Waals surface area contributed by atoms with E-state index in [4.69, 9.17) is 22.1 Å². The number of halogens is 1. The highest BCUT2D eigenvalue weighted by atomic mass is 35.5. The summed E-state index contributed by atoms with van der Waals surface area (Å²) in [6.07, 6.45) is -0.730. The van der Waals surface area contributed by atoms with Crippen LogP contribution in [0, 0.1) is 0 Å². The first kappa shape index (κ1) is 12.0. The number of hydrogen-bond acceptors (Lipinski definition) is 3. The molecule has 0 saturated heterocycles. The van der Waals surface area contributed by atoms with Crippen LogP contribution >= 0.6 is 11.6 Å². The molecule has 0 fully saturated rings. The number of primary amides is 1. The van der Waals surface area contributed by atoms with Crippen LogP contribution in [0.1, 0.15) is 13.3 Å². The largest absolute Gasteiger partial charge is 0.457 e. The average Bonchev–Trinajstić information content (AvgIpc) is 2.02. The van der Waals surface area contributed by atoms with Gasteiger partial charge in [-0.3, -0.25) is 4.79 Å². The van der Waals surface area contributed by atoms with Crippen molar-refractivity contribution in [3.8, 4) is 0 Å². The summed E-state index contributed by atoms with van der Waals surface area (Å²) < 4.78 is 4.80. The third-order valence-electron chi connectivity index (χ3n) is 1.22. The zero-order valence-electron chi connectivity index (χ0n) is 7.38. The second-order valence-electron chi connectivity index (χ2n) is 2.63. The van der Waals surface area contributed by atoms with Gasteiger partial charge in [-0.1, -0.05) is 6.58 Å². The molecule has 0 aromatic rings. The van der Waals surface area contributed by atoms with Crippen LogP contribution in [0.15, 0.2) is 12.2 Å². The fourth-order valence-electron chi connectivity index (χ4n) is 0.604. The molecular weight excluding hydrogens is 194 g/mol. The summed E-state index contributed by atoms with van der Waals surface area (Å²) in [7, 11) is 0. The zero-order chi connectivity index (χ0) is 10.4. The number of hydrogen-bond donors (Lipinski definition) is 1. The Hall–Kier alpha value is -1.03. The van der Waals surface area contributed by atoms with Crippen molar-refractivity contribution in [3.63, 3.8) is 0 Å². The van der Waals surface area contributed by atoms with Crippen molar-refractivity contribution in [3.05, 3.63) is 12.2 Å². The van der Waals surface area contributed by atoms with E-state index in [0.717, 1.165) is 0 Å². The predicted molar refractivity (Wildman–Crippen MR) is 49.2 cm³/mol. The van der Waals surface area contributed by atoms with Gasteiger partial charge in [0, 0.05) is 5.57 Å². The van der Waals surface area contributed by atoms with E-state index in [2.05, 4.69) is 6.58 Å². The Morgan fingerprint density at radius 1 is 1.62 bits per heavy atom. The smallest absolute Gasteiger partial charge is 0.333 e. The van der Waals surface area contributed by atoms with Gasteiger partial charge in [0.25, 0.3) is 0 Å². The molecule has 0 aromatic heterocycles. The van der Waals surface area contributed by atoms with Crippen molar-refractivity contribution in [1.29, 1.82) is 0 Å². The maximum atomic E-state index is 11.0. The lowest BCUT2D eigenvalue weighted by molar-refractivity contribution is -0.144. The van der Waals surface area contributed by atoms with Crippen LogP contribution < -0.4 is 5.73 Å². The van der Waals surface area contributed by atoms with Gasteiger partial charge >= 0.3 is 5.97 Å². The molecule has 0 saturated carbocycles. The lowest BCUT2D eigenvalue weighted by Gasteiger charge is -2.12. The number of rotatable bonds is 5. The number of amides is 1. The minimum absolute atomic E-state index is 0.0436. The van der Waals surface area contributed by atoms with Crippen molar-refractivity contribution < 1.29 is 14.3 Å². The Labute approximate surface area is 81.7 Å². The molecule has 2 N–H and O–H groups in total. The lowest BCUT2D eigenvalue weighted by Crippen LogP contribution is -2.26. The van der Waals surface area contributed by atoms with E-state index in [-0.39, 0.29) is 17.9 Å². The molecule has 0 aromatic carbocycles. The van der Waals surface area contributed by atoms with Gasteiger partial charge in [-0.2, -0.15) is 0 Å². The summed E-state index contributed by atoms with van der Waals surface area (Å²) >= 11 is 5.45. The van der Waals surface area contributed by atoms with Gasteiger partial charge in [-0.05, 0) is 6.92 Å². The molecule has 13 heavy (non-hydrogen) atoms. The minimum atomic E-state index is -0.664. The number of alkyl halides is 1. The zero-order valence-corrected chi connectivity index (χ0v) is 8.13. The molecule has 0 aliphatic heterocycles. The van der Waals surface area contributed by atoms with Crippen LogP contribution in [-0.4, -0.2) is 23.9 Å². The molecule has 1 atom stereocenters. The first-order valence-electron chi connectivity index (χ1n) is 3.68. The maximum absolute atomic E-state index is 11.0. The van der Waals surface area contributed by atoms with Crippen molar-refractivity contribution in [2.24, 2.45) is 5.73 Å². The molecule has 0 bridgehead atoms. The molecular formula is C8H12ClNO3. The fourth-order valence-corrected chi connectivity index (χ4v) is 0.776. The van der Waals surface area contributed by atoms with E-state index < -0.39 is 18.0 Å². The Morgan fingerprint density at radius 2 is 2.15 bits per heavy atom. The Kier molecular flexibility index (Phi) is 5.14. The highest BCUT2D eigenvalue weighted by Crippen LogP contribution is 2.04. The summed E-state index contributed by atoms with van der Waals surface area (Å²) in [5.41, 5.74) is 5.17. The summed E-state index contributed by atoms with van der Waals surface area (Å²) in [6.45, 7) is 4.90. The quantitative estimate of drug-likeness (QED) is 0.406. The summed E-state index contributed by atoms with van der Waals surface area (Å²) in [6, 6.07) is 0. The van der Waals surface area contributed by atoms with Crippen molar-refractivity contribution in [2.45, 2.75) is 19.4 Å². The van der Waals surface area contributed by atoms with Crippen molar-refractivity contribution in [1.82, 2.24) is 0 Å². The highest BCUT2D eigenvalue weighted by molar-refractivity contribution is 6.18. The molecule has 0 aliphatic rings. The van der Waals surface area contributed by atoms with Gasteiger partial charge in [-0.25, -0.2) is 4.79 Å². The van der Waals surface area contributed by atoms with Crippen LogP contribution in [0.25, 0.3) is 0 Å². The van der Waals surface area contributed by atoms with Gasteiger partial charge in [-0.15, -0.1) is 11.6 Å².